The Morgan fingerprint density at radius 1 is 1.33 bits per heavy atom. The fourth-order valence-electron chi connectivity index (χ4n) is 3.30. The second kappa shape index (κ2) is 6.93. The summed E-state index contributed by atoms with van der Waals surface area (Å²) in [5.41, 5.74) is 0. The zero-order valence-electron chi connectivity index (χ0n) is 11.4. The smallest absolute Gasteiger partial charge is 0.0931 e. The van der Waals surface area contributed by atoms with Crippen molar-refractivity contribution in [1.82, 2.24) is 5.32 Å². The first kappa shape index (κ1) is 14.4. The molecule has 0 aliphatic heterocycles. The van der Waals surface area contributed by atoms with Crippen molar-refractivity contribution in [3.05, 3.63) is 21.3 Å². The lowest BCUT2D eigenvalue weighted by Gasteiger charge is -2.36. The molecule has 0 aromatic carbocycles. The molecule has 0 saturated heterocycles. The molecule has 1 heterocycles. The van der Waals surface area contributed by atoms with Crippen molar-refractivity contribution in [3.63, 3.8) is 0 Å². The number of rotatable bonds is 5. The Morgan fingerprint density at radius 2 is 2.17 bits per heavy atom. The van der Waals surface area contributed by atoms with Gasteiger partial charge in [-0.25, -0.2) is 0 Å². The molecule has 0 amide bonds. The molecule has 3 unspecified atom stereocenters. The standard InChI is InChI=1S/C15H24ClNS/c1-3-11-4-5-12(10-17-2)13(8-11)9-14-6-7-15(16)18-14/h6-7,11-13,17H,3-5,8-10H2,1-2H3. The van der Waals surface area contributed by atoms with Gasteiger partial charge in [-0.3, -0.25) is 0 Å². The quantitative estimate of drug-likeness (QED) is 0.833. The minimum atomic E-state index is 0.839. The van der Waals surface area contributed by atoms with Crippen molar-refractivity contribution in [1.29, 1.82) is 0 Å². The molecule has 3 atom stereocenters. The highest BCUT2D eigenvalue weighted by Gasteiger charge is 2.29. The van der Waals surface area contributed by atoms with Gasteiger partial charge in [0.1, 0.15) is 0 Å². The van der Waals surface area contributed by atoms with Crippen LogP contribution in [0.25, 0.3) is 0 Å². The third-order valence-corrected chi connectivity index (χ3v) is 5.64. The highest BCUT2D eigenvalue weighted by Crippen LogP contribution is 2.38. The normalized spacial score (nSPS) is 28.5. The Hall–Kier alpha value is -0.0500. The van der Waals surface area contributed by atoms with Gasteiger partial charge in [0.25, 0.3) is 0 Å². The SMILES string of the molecule is CCC1CCC(CNC)C(Cc2ccc(Cl)s2)C1. The third-order valence-electron chi connectivity index (χ3n) is 4.38. The van der Waals surface area contributed by atoms with E-state index in [0.717, 1.165) is 22.1 Å². The van der Waals surface area contributed by atoms with Crippen molar-refractivity contribution >= 4 is 22.9 Å². The molecule has 1 fully saturated rings. The van der Waals surface area contributed by atoms with E-state index in [-0.39, 0.29) is 0 Å². The molecule has 1 aliphatic carbocycles. The summed E-state index contributed by atoms with van der Waals surface area (Å²) in [6, 6.07) is 4.24. The van der Waals surface area contributed by atoms with Gasteiger partial charge in [-0.05, 0) is 62.7 Å². The van der Waals surface area contributed by atoms with E-state index < -0.39 is 0 Å². The van der Waals surface area contributed by atoms with Crippen LogP contribution >= 0.6 is 22.9 Å². The highest BCUT2D eigenvalue weighted by atomic mass is 35.5. The number of halogens is 1. The van der Waals surface area contributed by atoms with Crippen LogP contribution < -0.4 is 5.32 Å². The number of nitrogens with one attached hydrogen (secondary N) is 1. The molecular weight excluding hydrogens is 262 g/mol. The summed E-state index contributed by atoms with van der Waals surface area (Å²) in [6.45, 7) is 3.50. The third kappa shape index (κ3) is 3.72. The van der Waals surface area contributed by atoms with E-state index in [1.807, 2.05) is 6.07 Å². The highest BCUT2D eigenvalue weighted by molar-refractivity contribution is 7.16. The zero-order valence-corrected chi connectivity index (χ0v) is 13.0. The van der Waals surface area contributed by atoms with E-state index in [0.29, 0.717) is 0 Å². The van der Waals surface area contributed by atoms with E-state index in [1.54, 1.807) is 11.3 Å². The van der Waals surface area contributed by atoms with Crippen LogP contribution in [0.15, 0.2) is 12.1 Å². The summed E-state index contributed by atoms with van der Waals surface area (Å²) in [6.07, 6.45) is 6.78. The Balaban J connectivity index is 2.00. The van der Waals surface area contributed by atoms with Crippen LogP contribution in [0, 0.1) is 17.8 Å². The molecule has 0 radical (unpaired) electrons. The summed E-state index contributed by atoms with van der Waals surface area (Å²) >= 11 is 7.79. The van der Waals surface area contributed by atoms with Gasteiger partial charge in [0.15, 0.2) is 0 Å². The first-order valence-electron chi connectivity index (χ1n) is 7.11. The van der Waals surface area contributed by atoms with Crippen LogP contribution in [-0.4, -0.2) is 13.6 Å². The van der Waals surface area contributed by atoms with E-state index in [9.17, 15) is 0 Å². The van der Waals surface area contributed by atoms with Gasteiger partial charge in [-0.15, -0.1) is 11.3 Å². The average Bonchev–Trinajstić information content (AvgIpc) is 2.77. The van der Waals surface area contributed by atoms with E-state index in [2.05, 4.69) is 25.4 Å². The lowest BCUT2D eigenvalue weighted by molar-refractivity contribution is 0.174. The number of hydrogen-bond donors (Lipinski definition) is 1. The van der Waals surface area contributed by atoms with Crippen LogP contribution in [-0.2, 0) is 6.42 Å². The molecular formula is C15H24ClNS. The van der Waals surface area contributed by atoms with Crippen LogP contribution in [0.1, 0.15) is 37.5 Å². The molecule has 2 rings (SSSR count). The van der Waals surface area contributed by atoms with Crippen LogP contribution in [0.2, 0.25) is 4.34 Å². The molecule has 1 N–H and O–H groups in total. The lowest BCUT2D eigenvalue weighted by Crippen LogP contribution is -2.32. The minimum Gasteiger partial charge on any atom is -0.319 e. The Bertz CT molecular complexity index is 363. The maximum atomic E-state index is 6.04. The second-order valence-corrected chi connectivity index (χ2v) is 7.37. The average molecular weight is 286 g/mol. The van der Waals surface area contributed by atoms with Crippen molar-refractivity contribution in [2.75, 3.05) is 13.6 Å². The molecule has 1 aromatic heterocycles. The van der Waals surface area contributed by atoms with Crippen molar-refractivity contribution in [2.45, 2.75) is 39.0 Å². The topological polar surface area (TPSA) is 12.0 Å². The Morgan fingerprint density at radius 3 is 2.78 bits per heavy atom. The van der Waals surface area contributed by atoms with Gasteiger partial charge in [0, 0.05) is 4.88 Å². The van der Waals surface area contributed by atoms with Gasteiger partial charge < -0.3 is 5.32 Å². The predicted molar refractivity (Wildman–Crippen MR) is 81.6 cm³/mol. The maximum absolute atomic E-state index is 6.04. The second-order valence-electron chi connectivity index (χ2n) is 5.58. The summed E-state index contributed by atoms with van der Waals surface area (Å²) in [5.74, 6) is 2.63. The minimum absolute atomic E-state index is 0.839. The van der Waals surface area contributed by atoms with E-state index >= 15 is 0 Å². The van der Waals surface area contributed by atoms with Gasteiger partial charge in [0.2, 0.25) is 0 Å². The summed E-state index contributed by atoms with van der Waals surface area (Å²) in [5, 5.41) is 3.37. The summed E-state index contributed by atoms with van der Waals surface area (Å²) in [4.78, 5) is 1.46. The number of hydrogen-bond acceptors (Lipinski definition) is 2. The molecule has 102 valence electrons. The Labute approximate surface area is 120 Å². The predicted octanol–water partition coefficient (Wildman–Crippen LogP) is 4.61. The molecule has 3 heteroatoms. The van der Waals surface area contributed by atoms with Crippen LogP contribution in [0.5, 0.6) is 0 Å². The fraction of sp³-hybridized carbons (Fsp3) is 0.733. The zero-order chi connectivity index (χ0) is 13.0. The van der Waals surface area contributed by atoms with Gasteiger partial charge in [-0.2, -0.15) is 0 Å². The van der Waals surface area contributed by atoms with Gasteiger partial charge >= 0.3 is 0 Å². The van der Waals surface area contributed by atoms with Gasteiger partial charge in [-0.1, -0.05) is 31.4 Å². The molecule has 0 bridgehead atoms. The van der Waals surface area contributed by atoms with E-state index in [1.165, 1.54) is 43.5 Å². The number of thiophene rings is 1. The van der Waals surface area contributed by atoms with Crippen molar-refractivity contribution in [3.8, 4) is 0 Å². The summed E-state index contributed by atoms with van der Waals surface area (Å²) in [7, 11) is 2.07. The first-order chi connectivity index (χ1) is 8.72. The first-order valence-corrected chi connectivity index (χ1v) is 8.31. The fourth-order valence-corrected chi connectivity index (χ4v) is 4.48. The monoisotopic (exact) mass is 285 g/mol. The largest absolute Gasteiger partial charge is 0.319 e. The summed E-state index contributed by atoms with van der Waals surface area (Å²) < 4.78 is 0.929. The maximum Gasteiger partial charge on any atom is 0.0931 e. The molecule has 1 aromatic rings. The molecule has 18 heavy (non-hydrogen) atoms. The molecule has 0 spiro atoms. The van der Waals surface area contributed by atoms with Gasteiger partial charge in [0.05, 0.1) is 4.34 Å². The van der Waals surface area contributed by atoms with Crippen molar-refractivity contribution < 1.29 is 0 Å². The molecule has 1 aliphatic rings. The Kier molecular flexibility index (Phi) is 5.53. The van der Waals surface area contributed by atoms with Crippen molar-refractivity contribution in [2.24, 2.45) is 17.8 Å². The van der Waals surface area contributed by atoms with E-state index in [4.69, 9.17) is 11.6 Å². The van der Waals surface area contributed by atoms with Crippen LogP contribution in [0.3, 0.4) is 0 Å². The molecule has 1 nitrogen and oxygen atoms in total. The van der Waals surface area contributed by atoms with Crippen LogP contribution in [0.4, 0.5) is 0 Å². The lowest BCUT2D eigenvalue weighted by atomic mass is 9.71. The molecule has 1 saturated carbocycles.